The molecule has 292 valence electrons. The van der Waals surface area contributed by atoms with Gasteiger partial charge in [-0.15, -0.1) is 0 Å². The summed E-state index contributed by atoms with van der Waals surface area (Å²) in [6.07, 6.45) is 0. The van der Waals surface area contributed by atoms with E-state index in [0.29, 0.717) is 0 Å². The predicted octanol–water partition coefficient (Wildman–Crippen LogP) is 16.9. The summed E-state index contributed by atoms with van der Waals surface area (Å²) in [5.41, 5.74) is 21.1. The minimum atomic E-state index is 1.09. The Kier molecular flexibility index (Phi) is 9.57. The molecule has 1 aliphatic rings. The van der Waals surface area contributed by atoms with Crippen LogP contribution in [0, 0.1) is 0 Å². The molecule has 0 atom stereocenters. The van der Waals surface area contributed by atoms with Crippen molar-refractivity contribution in [2.45, 2.75) is 0 Å². The SMILES string of the molecule is c1ccc(-c2ccc(N(c3ccc(-c4ccccc4)cc3)c3cccc(-c4cccc(-c5ccc6c(c5)-c5ccccc5-c5ccccc5N6c5ccccc5)c4)c3)cc2)cc1. The third-order valence-corrected chi connectivity index (χ3v) is 12.0. The lowest BCUT2D eigenvalue weighted by molar-refractivity contribution is 1.28. The van der Waals surface area contributed by atoms with Crippen molar-refractivity contribution < 1.29 is 0 Å². The van der Waals surface area contributed by atoms with Gasteiger partial charge in [0.2, 0.25) is 0 Å². The summed E-state index contributed by atoms with van der Waals surface area (Å²) >= 11 is 0. The molecule has 2 nitrogen and oxygen atoms in total. The molecule has 0 saturated heterocycles. The molecule has 0 aromatic heterocycles. The Morgan fingerprint density at radius 2 is 0.629 bits per heavy atom. The van der Waals surface area contributed by atoms with Gasteiger partial charge >= 0.3 is 0 Å². The van der Waals surface area contributed by atoms with Gasteiger partial charge in [0.25, 0.3) is 0 Å². The normalized spacial score (nSPS) is 11.5. The van der Waals surface area contributed by atoms with Crippen LogP contribution in [0.5, 0.6) is 0 Å². The topological polar surface area (TPSA) is 6.48 Å². The number of nitrogens with zero attached hydrogens (tertiary/aromatic N) is 2. The molecular formula is C60H42N2. The van der Waals surface area contributed by atoms with Gasteiger partial charge in [-0.1, -0.05) is 182 Å². The van der Waals surface area contributed by atoms with E-state index in [2.05, 4.69) is 265 Å². The van der Waals surface area contributed by atoms with Crippen LogP contribution in [0.2, 0.25) is 0 Å². The van der Waals surface area contributed by atoms with Gasteiger partial charge < -0.3 is 9.80 Å². The highest BCUT2D eigenvalue weighted by atomic mass is 15.2. The second kappa shape index (κ2) is 16.1. The van der Waals surface area contributed by atoms with E-state index in [1.165, 1.54) is 61.3 Å². The molecule has 1 aliphatic heterocycles. The first-order valence-electron chi connectivity index (χ1n) is 21.3. The van der Waals surface area contributed by atoms with Crippen LogP contribution in [0.15, 0.2) is 255 Å². The minimum absolute atomic E-state index is 1.09. The van der Waals surface area contributed by atoms with E-state index in [-0.39, 0.29) is 0 Å². The van der Waals surface area contributed by atoms with Crippen LogP contribution in [0.25, 0.3) is 66.8 Å². The quantitative estimate of drug-likeness (QED) is 0.151. The molecule has 10 aromatic carbocycles. The zero-order valence-corrected chi connectivity index (χ0v) is 34.1. The Bertz CT molecular complexity index is 3070. The molecule has 62 heavy (non-hydrogen) atoms. The highest BCUT2D eigenvalue weighted by Crippen LogP contribution is 2.51. The second-order valence-corrected chi connectivity index (χ2v) is 15.8. The van der Waals surface area contributed by atoms with E-state index in [9.17, 15) is 0 Å². The first-order chi connectivity index (χ1) is 30.7. The van der Waals surface area contributed by atoms with E-state index in [1.54, 1.807) is 0 Å². The Hall–Kier alpha value is -8.20. The first kappa shape index (κ1) is 36.8. The Balaban J connectivity index is 0.987. The van der Waals surface area contributed by atoms with Crippen LogP contribution in [-0.4, -0.2) is 0 Å². The van der Waals surface area contributed by atoms with Crippen molar-refractivity contribution in [2.24, 2.45) is 0 Å². The molecule has 0 unspecified atom stereocenters. The van der Waals surface area contributed by atoms with Crippen molar-refractivity contribution in [3.05, 3.63) is 255 Å². The van der Waals surface area contributed by atoms with Gasteiger partial charge in [-0.3, -0.25) is 0 Å². The maximum Gasteiger partial charge on any atom is 0.0540 e. The molecule has 0 saturated carbocycles. The molecule has 10 aromatic rings. The van der Waals surface area contributed by atoms with Gasteiger partial charge in [0.15, 0.2) is 0 Å². The summed E-state index contributed by atoms with van der Waals surface area (Å²) in [6.45, 7) is 0. The van der Waals surface area contributed by atoms with Crippen LogP contribution >= 0.6 is 0 Å². The molecule has 0 spiro atoms. The van der Waals surface area contributed by atoms with E-state index < -0.39 is 0 Å². The maximum atomic E-state index is 2.41. The largest absolute Gasteiger partial charge is 0.310 e. The van der Waals surface area contributed by atoms with Crippen LogP contribution in [0.1, 0.15) is 0 Å². The van der Waals surface area contributed by atoms with Gasteiger partial charge in [0.1, 0.15) is 0 Å². The van der Waals surface area contributed by atoms with Crippen LogP contribution in [0.4, 0.5) is 34.1 Å². The molecule has 11 rings (SSSR count). The predicted molar refractivity (Wildman–Crippen MR) is 262 cm³/mol. The number of hydrogen-bond donors (Lipinski definition) is 0. The van der Waals surface area contributed by atoms with Crippen molar-refractivity contribution in [3.63, 3.8) is 0 Å². The number of fused-ring (bicyclic) bond motifs is 5. The monoisotopic (exact) mass is 790 g/mol. The standard InChI is InChI=1S/C60H42N2/c1-4-16-43(17-5-1)45-30-35-52(36-31-45)61(53-37-32-46(33-38-53)44-18-6-2-7-19-44)54-25-15-22-49(41-54)47-20-14-21-48(40-47)50-34-39-60-58(42-50)56-27-11-10-26-55(56)57-28-12-13-29-59(57)62(60)51-23-8-3-9-24-51/h1-42H. The molecule has 0 amide bonds. The van der Waals surface area contributed by atoms with Crippen LogP contribution < -0.4 is 9.80 Å². The number of hydrogen-bond acceptors (Lipinski definition) is 2. The highest BCUT2D eigenvalue weighted by Gasteiger charge is 2.26. The maximum absolute atomic E-state index is 2.41. The van der Waals surface area contributed by atoms with Crippen molar-refractivity contribution in [2.75, 3.05) is 9.80 Å². The van der Waals surface area contributed by atoms with Crippen LogP contribution in [-0.2, 0) is 0 Å². The van der Waals surface area contributed by atoms with Gasteiger partial charge in [0, 0.05) is 33.9 Å². The summed E-state index contributed by atoms with van der Waals surface area (Å²) in [7, 11) is 0. The zero-order chi connectivity index (χ0) is 41.2. The summed E-state index contributed by atoms with van der Waals surface area (Å²) < 4.78 is 0. The average Bonchev–Trinajstić information content (AvgIpc) is 3.48. The third kappa shape index (κ3) is 6.94. The fourth-order valence-corrected chi connectivity index (χ4v) is 8.98. The fourth-order valence-electron chi connectivity index (χ4n) is 8.98. The lowest BCUT2D eigenvalue weighted by Gasteiger charge is -2.27. The van der Waals surface area contributed by atoms with Crippen molar-refractivity contribution >= 4 is 34.1 Å². The molecule has 1 heterocycles. The molecule has 2 heteroatoms. The van der Waals surface area contributed by atoms with E-state index in [1.807, 2.05) is 0 Å². The third-order valence-electron chi connectivity index (χ3n) is 12.0. The molecule has 0 fully saturated rings. The molecule has 0 radical (unpaired) electrons. The number of rotatable bonds is 8. The minimum Gasteiger partial charge on any atom is -0.310 e. The molecule has 0 aliphatic carbocycles. The lowest BCUT2D eigenvalue weighted by Crippen LogP contribution is -2.10. The highest BCUT2D eigenvalue weighted by molar-refractivity contribution is 6.03. The van der Waals surface area contributed by atoms with Crippen molar-refractivity contribution in [1.29, 1.82) is 0 Å². The first-order valence-corrected chi connectivity index (χ1v) is 21.3. The Labute approximate surface area is 363 Å². The second-order valence-electron chi connectivity index (χ2n) is 15.8. The summed E-state index contributed by atoms with van der Waals surface area (Å²) in [4.78, 5) is 4.77. The van der Waals surface area contributed by atoms with E-state index in [0.717, 1.165) is 39.6 Å². The molecular weight excluding hydrogens is 749 g/mol. The van der Waals surface area contributed by atoms with Crippen molar-refractivity contribution in [1.82, 2.24) is 0 Å². The van der Waals surface area contributed by atoms with E-state index >= 15 is 0 Å². The summed E-state index contributed by atoms with van der Waals surface area (Å²) in [5, 5.41) is 0. The lowest BCUT2D eigenvalue weighted by atomic mass is 9.92. The molecule has 0 bridgehead atoms. The Morgan fingerprint density at radius 3 is 1.23 bits per heavy atom. The van der Waals surface area contributed by atoms with E-state index in [4.69, 9.17) is 0 Å². The van der Waals surface area contributed by atoms with Gasteiger partial charge in [-0.25, -0.2) is 0 Å². The zero-order valence-electron chi connectivity index (χ0n) is 34.1. The fraction of sp³-hybridized carbons (Fsp3) is 0. The Morgan fingerprint density at radius 1 is 0.226 bits per heavy atom. The number of benzene rings is 10. The van der Waals surface area contributed by atoms with Crippen molar-refractivity contribution in [3.8, 4) is 66.8 Å². The molecule has 0 N–H and O–H groups in total. The van der Waals surface area contributed by atoms with Gasteiger partial charge in [-0.2, -0.15) is 0 Å². The van der Waals surface area contributed by atoms with Gasteiger partial charge in [-0.05, 0) is 128 Å². The number of anilines is 6. The summed E-state index contributed by atoms with van der Waals surface area (Å²) in [6, 6.07) is 92.1. The van der Waals surface area contributed by atoms with Crippen LogP contribution in [0.3, 0.4) is 0 Å². The summed E-state index contributed by atoms with van der Waals surface area (Å²) in [5.74, 6) is 0. The van der Waals surface area contributed by atoms with Gasteiger partial charge in [0.05, 0.1) is 11.4 Å². The smallest absolute Gasteiger partial charge is 0.0540 e. The average molecular weight is 791 g/mol. The number of para-hydroxylation sites is 2.